The number of ether oxygens (including phenoxy) is 2. The number of hydrogen-bond acceptors (Lipinski definition) is 6. The van der Waals surface area contributed by atoms with Crippen molar-refractivity contribution in [2.24, 2.45) is 11.8 Å². The molecule has 0 aromatic carbocycles. The first-order valence-electron chi connectivity index (χ1n) is 9.29. The first-order chi connectivity index (χ1) is 12.8. The van der Waals surface area contributed by atoms with Crippen LogP contribution >= 0.6 is 0 Å². The van der Waals surface area contributed by atoms with Gasteiger partial charge in [0, 0.05) is 0 Å². The van der Waals surface area contributed by atoms with Crippen molar-refractivity contribution >= 4 is 24.0 Å². The average Bonchev–Trinajstić information content (AvgIpc) is 2.47. The number of carbonyl (C=O) groups excluding carboxylic acids is 4. The summed E-state index contributed by atoms with van der Waals surface area (Å²) >= 11 is 0. The van der Waals surface area contributed by atoms with E-state index < -0.39 is 59.1 Å². The van der Waals surface area contributed by atoms with E-state index >= 15 is 0 Å². The van der Waals surface area contributed by atoms with Gasteiger partial charge in [0.05, 0.1) is 23.9 Å². The molecule has 8 nitrogen and oxygen atoms in total. The van der Waals surface area contributed by atoms with Gasteiger partial charge in [0.1, 0.15) is 11.2 Å². The molecule has 6 rings (SSSR count). The summed E-state index contributed by atoms with van der Waals surface area (Å²) in [6.07, 6.45) is 5.05. The average molecular weight is 390 g/mol. The standard InChI is InChI=1S/C20H26N2O6/c1-19(2,3)27-17(25)21-13-9-7-12(15(21)23)14-10-8-11(13)16(24)22(14)18(26)28-20(4,5)6/h7-14H,1-6H3/t11-,12+,13-,14+. The zero-order valence-corrected chi connectivity index (χ0v) is 17.0. The lowest BCUT2D eigenvalue weighted by atomic mass is 9.79. The quantitative estimate of drug-likeness (QED) is 0.590. The summed E-state index contributed by atoms with van der Waals surface area (Å²) in [7, 11) is 0. The predicted octanol–water partition coefficient (Wildman–Crippen LogP) is 2.64. The van der Waals surface area contributed by atoms with Crippen molar-refractivity contribution in [3.63, 3.8) is 0 Å². The Labute approximate surface area is 164 Å². The van der Waals surface area contributed by atoms with Gasteiger partial charge in [0.25, 0.3) is 0 Å². The summed E-state index contributed by atoms with van der Waals surface area (Å²) in [5, 5.41) is 0. The van der Waals surface area contributed by atoms with Crippen molar-refractivity contribution in [2.75, 3.05) is 0 Å². The van der Waals surface area contributed by atoms with E-state index in [1.807, 2.05) is 0 Å². The Hall–Kier alpha value is -2.64. The fourth-order valence-electron chi connectivity index (χ4n) is 3.54. The predicted molar refractivity (Wildman–Crippen MR) is 99.0 cm³/mol. The molecule has 0 unspecified atom stereocenters. The van der Waals surface area contributed by atoms with Crippen LogP contribution in [0.25, 0.3) is 0 Å². The van der Waals surface area contributed by atoms with Crippen molar-refractivity contribution < 1.29 is 28.7 Å². The van der Waals surface area contributed by atoms with E-state index in [1.54, 1.807) is 65.8 Å². The van der Waals surface area contributed by atoms with Gasteiger partial charge in [-0.05, 0) is 41.5 Å². The first-order valence-corrected chi connectivity index (χ1v) is 9.29. The molecule has 0 N–H and O–H groups in total. The summed E-state index contributed by atoms with van der Waals surface area (Å²) in [6, 6.07) is -1.71. The summed E-state index contributed by atoms with van der Waals surface area (Å²) < 4.78 is 10.7. The third-order valence-electron chi connectivity index (χ3n) is 4.59. The second-order valence-corrected chi connectivity index (χ2v) is 9.18. The molecule has 1 saturated heterocycles. The van der Waals surface area contributed by atoms with Crippen molar-refractivity contribution in [1.29, 1.82) is 0 Å². The van der Waals surface area contributed by atoms with Crippen LogP contribution in [-0.2, 0) is 19.1 Å². The van der Waals surface area contributed by atoms with Gasteiger partial charge in [-0.1, -0.05) is 24.3 Å². The summed E-state index contributed by atoms with van der Waals surface area (Å²) in [5.41, 5.74) is -1.58. The number of imide groups is 2. The fourth-order valence-corrected chi connectivity index (χ4v) is 3.54. The van der Waals surface area contributed by atoms with Gasteiger partial charge in [-0.2, -0.15) is 0 Å². The van der Waals surface area contributed by atoms with Crippen LogP contribution in [0.5, 0.6) is 0 Å². The maximum atomic E-state index is 13.1. The molecule has 5 aliphatic heterocycles. The Morgan fingerprint density at radius 3 is 1.32 bits per heavy atom. The normalized spacial score (nSPS) is 29.1. The lowest BCUT2D eigenvalue weighted by Gasteiger charge is -2.47. The molecule has 0 aromatic heterocycles. The second-order valence-electron chi connectivity index (χ2n) is 9.18. The fraction of sp³-hybridized carbons (Fsp3) is 0.600. The molecular formula is C20H26N2O6. The minimum absolute atomic E-state index is 0.498. The molecule has 4 amide bonds. The van der Waals surface area contributed by atoms with Crippen LogP contribution in [0.15, 0.2) is 24.3 Å². The monoisotopic (exact) mass is 390 g/mol. The maximum absolute atomic E-state index is 13.1. The lowest BCUT2D eigenvalue weighted by molar-refractivity contribution is -0.148. The second kappa shape index (κ2) is 6.46. The van der Waals surface area contributed by atoms with E-state index in [1.165, 1.54) is 0 Å². The number of rotatable bonds is 0. The van der Waals surface area contributed by atoms with E-state index in [-0.39, 0.29) is 0 Å². The van der Waals surface area contributed by atoms with Crippen molar-refractivity contribution in [1.82, 2.24) is 9.80 Å². The van der Waals surface area contributed by atoms with E-state index in [4.69, 9.17) is 9.47 Å². The van der Waals surface area contributed by atoms with Crippen molar-refractivity contribution in [2.45, 2.75) is 64.8 Å². The third kappa shape index (κ3) is 3.55. The van der Waals surface area contributed by atoms with E-state index in [0.717, 1.165) is 9.80 Å². The molecule has 5 heterocycles. The van der Waals surface area contributed by atoms with Gasteiger partial charge < -0.3 is 9.47 Å². The highest BCUT2D eigenvalue weighted by Crippen LogP contribution is 2.37. The molecule has 4 atom stereocenters. The molecule has 0 spiro atoms. The molecular weight excluding hydrogens is 364 g/mol. The van der Waals surface area contributed by atoms with Crippen LogP contribution in [0.1, 0.15) is 41.5 Å². The molecule has 28 heavy (non-hydrogen) atoms. The minimum atomic E-state index is -0.877. The zero-order valence-electron chi connectivity index (χ0n) is 17.0. The largest absolute Gasteiger partial charge is 0.443 e. The minimum Gasteiger partial charge on any atom is -0.443 e. The molecule has 6 aliphatic rings. The van der Waals surface area contributed by atoms with Gasteiger partial charge in [0.15, 0.2) is 0 Å². The molecule has 1 aliphatic carbocycles. The smallest absolute Gasteiger partial charge is 0.417 e. The van der Waals surface area contributed by atoms with Gasteiger partial charge in [0.2, 0.25) is 11.8 Å². The van der Waals surface area contributed by atoms with E-state index in [0.29, 0.717) is 0 Å². The first kappa shape index (κ1) is 20.1. The third-order valence-corrected chi connectivity index (χ3v) is 4.59. The van der Waals surface area contributed by atoms with Gasteiger partial charge in [-0.3, -0.25) is 9.59 Å². The molecule has 0 aromatic rings. The maximum Gasteiger partial charge on any atom is 0.417 e. The molecule has 0 radical (unpaired) electrons. The highest BCUT2D eigenvalue weighted by atomic mass is 16.6. The SMILES string of the molecule is CC(C)(C)OC(=O)N1C(=O)[C@H]2C=C[C@@H]1[C@H]1C=C[C@@H]2N(C(=O)OC(C)(C)C)C1=O. The molecule has 1 fully saturated rings. The van der Waals surface area contributed by atoms with Crippen LogP contribution in [0, 0.1) is 11.8 Å². The van der Waals surface area contributed by atoms with Crippen molar-refractivity contribution in [3.8, 4) is 0 Å². The Kier molecular flexibility index (Phi) is 4.64. The number of hydrogen-bond donors (Lipinski definition) is 0. The van der Waals surface area contributed by atoms with Gasteiger partial charge in [-0.25, -0.2) is 19.4 Å². The lowest BCUT2D eigenvalue weighted by Crippen LogP contribution is -2.65. The van der Waals surface area contributed by atoms with E-state index in [2.05, 4.69) is 0 Å². The number of nitrogens with zero attached hydrogens (tertiary/aromatic N) is 2. The van der Waals surface area contributed by atoms with Gasteiger partial charge in [-0.15, -0.1) is 0 Å². The topological polar surface area (TPSA) is 93.2 Å². The van der Waals surface area contributed by atoms with Crippen LogP contribution in [-0.4, -0.2) is 57.1 Å². The Morgan fingerprint density at radius 2 is 1.04 bits per heavy atom. The summed E-state index contributed by atoms with van der Waals surface area (Å²) in [4.78, 5) is 53.5. The van der Waals surface area contributed by atoms with E-state index in [9.17, 15) is 19.2 Å². The molecule has 4 bridgehead atoms. The number of carbonyl (C=O) groups is 4. The molecule has 0 saturated carbocycles. The Bertz CT molecular complexity index is 719. The highest BCUT2D eigenvalue weighted by Gasteiger charge is 2.54. The van der Waals surface area contributed by atoms with Crippen LogP contribution in [0.2, 0.25) is 0 Å². The van der Waals surface area contributed by atoms with Crippen LogP contribution in [0.4, 0.5) is 9.59 Å². The summed E-state index contributed by atoms with van der Waals surface area (Å²) in [6.45, 7) is 10.2. The number of amides is 4. The van der Waals surface area contributed by atoms with Crippen LogP contribution in [0.3, 0.4) is 0 Å². The van der Waals surface area contributed by atoms with Crippen LogP contribution < -0.4 is 0 Å². The summed E-state index contributed by atoms with van der Waals surface area (Å²) in [5.74, 6) is -2.75. The van der Waals surface area contributed by atoms with Gasteiger partial charge >= 0.3 is 12.2 Å². The molecule has 152 valence electrons. The Balaban J connectivity index is 1.97. The highest BCUT2D eigenvalue weighted by molar-refractivity contribution is 6.03. The molecule has 8 heteroatoms. The zero-order chi connectivity index (χ0) is 21.0. The van der Waals surface area contributed by atoms with Crippen molar-refractivity contribution in [3.05, 3.63) is 24.3 Å². The Morgan fingerprint density at radius 1 is 0.714 bits per heavy atom.